The van der Waals surface area contributed by atoms with Gasteiger partial charge in [-0.25, -0.2) is 0 Å². The monoisotopic (exact) mass is 874 g/mol. The van der Waals surface area contributed by atoms with Gasteiger partial charge in [0.25, 0.3) is 0 Å². The van der Waals surface area contributed by atoms with E-state index in [2.05, 4.69) is 267 Å². The van der Waals surface area contributed by atoms with Crippen molar-refractivity contribution in [1.82, 2.24) is 0 Å². The van der Waals surface area contributed by atoms with E-state index < -0.39 is 0 Å². The molecule has 0 nitrogen and oxygen atoms in total. The molecule has 0 atom stereocenters. The van der Waals surface area contributed by atoms with Crippen LogP contribution in [0.25, 0.3) is 133 Å². The van der Waals surface area contributed by atoms with Crippen LogP contribution in [-0.4, -0.2) is 0 Å². The SMILES string of the molecule is C1=CCC=c2c(-c3cccc4ccccc34)c3cc(-c4ccc5c(-c6ccccc6)c(-c6ccccc6)c(-c6ccccc6)c(-c6ccccc6)c5c4)ccc3c(-c3cccc4ccccc34)c2=C1. The van der Waals surface area contributed by atoms with E-state index in [1.165, 1.54) is 131 Å². The molecule has 0 N–H and O–H groups in total. The van der Waals surface area contributed by atoms with E-state index in [9.17, 15) is 0 Å². The Morgan fingerprint density at radius 3 is 1.14 bits per heavy atom. The van der Waals surface area contributed by atoms with Crippen molar-refractivity contribution in [2.24, 2.45) is 0 Å². The fraction of sp³-hybridized carbons (Fsp3) is 0.0145. The third-order valence-electron chi connectivity index (χ3n) is 14.3. The minimum absolute atomic E-state index is 0.854. The molecule has 0 heterocycles. The zero-order valence-corrected chi connectivity index (χ0v) is 38.1. The summed E-state index contributed by atoms with van der Waals surface area (Å²) in [6.45, 7) is 0. The lowest BCUT2D eigenvalue weighted by atomic mass is 9.78. The van der Waals surface area contributed by atoms with Gasteiger partial charge in [0.1, 0.15) is 0 Å². The van der Waals surface area contributed by atoms with Gasteiger partial charge in [0.05, 0.1) is 0 Å². The fourth-order valence-electron chi connectivity index (χ4n) is 11.3. The first-order valence-corrected chi connectivity index (χ1v) is 24.1. The van der Waals surface area contributed by atoms with E-state index in [0.717, 1.165) is 6.42 Å². The maximum atomic E-state index is 2.49. The van der Waals surface area contributed by atoms with Gasteiger partial charge in [-0.3, -0.25) is 0 Å². The second-order valence-electron chi connectivity index (χ2n) is 18.2. The molecule has 0 saturated heterocycles. The second-order valence-corrected chi connectivity index (χ2v) is 18.2. The highest BCUT2D eigenvalue weighted by atomic mass is 14.3. The Bertz CT molecular complexity index is 4100. The lowest BCUT2D eigenvalue weighted by molar-refractivity contribution is 1.46. The lowest BCUT2D eigenvalue weighted by Crippen LogP contribution is -2.29. The molecule has 0 bridgehead atoms. The van der Waals surface area contributed by atoms with Crippen molar-refractivity contribution in [3.63, 3.8) is 0 Å². The Kier molecular flexibility index (Phi) is 10.0. The van der Waals surface area contributed by atoms with Crippen molar-refractivity contribution in [3.05, 3.63) is 265 Å². The summed E-state index contributed by atoms with van der Waals surface area (Å²) in [6, 6.07) is 89.7. The molecule has 0 heteroatoms. The topological polar surface area (TPSA) is 0 Å². The average Bonchev–Trinajstić information content (AvgIpc) is 3.68. The zero-order chi connectivity index (χ0) is 45.7. The molecule has 1 aliphatic rings. The maximum Gasteiger partial charge on any atom is -0.00141 e. The normalized spacial score (nSPS) is 12.2. The molecule has 0 amide bonds. The van der Waals surface area contributed by atoms with Crippen LogP contribution >= 0.6 is 0 Å². The van der Waals surface area contributed by atoms with Crippen molar-refractivity contribution in [2.45, 2.75) is 6.42 Å². The first-order chi connectivity index (χ1) is 34.3. The van der Waals surface area contributed by atoms with E-state index >= 15 is 0 Å². The summed E-state index contributed by atoms with van der Waals surface area (Å²) in [5.74, 6) is 0. The predicted octanol–water partition coefficient (Wildman–Crippen LogP) is 17.5. The molecule has 13 rings (SSSR count). The molecular weight excluding hydrogens is 829 g/mol. The van der Waals surface area contributed by atoms with Gasteiger partial charge >= 0.3 is 0 Å². The lowest BCUT2D eigenvalue weighted by Gasteiger charge is -2.25. The van der Waals surface area contributed by atoms with Crippen LogP contribution in [0.15, 0.2) is 255 Å². The summed E-state index contributed by atoms with van der Waals surface area (Å²) in [6.07, 6.45) is 10.2. The van der Waals surface area contributed by atoms with Crippen molar-refractivity contribution in [2.75, 3.05) is 0 Å². The molecule has 69 heavy (non-hydrogen) atoms. The number of rotatable bonds is 7. The molecule has 0 spiro atoms. The predicted molar refractivity (Wildman–Crippen MR) is 296 cm³/mol. The Balaban J connectivity index is 1.17. The highest BCUT2D eigenvalue weighted by Crippen LogP contribution is 2.52. The molecule has 12 aromatic carbocycles. The molecule has 0 aromatic heterocycles. The summed E-state index contributed by atoms with van der Waals surface area (Å²) >= 11 is 0. The Hall–Kier alpha value is -8.84. The molecule has 0 unspecified atom stereocenters. The molecule has 322 valence electrons. The number of fused-ring (bicyclic) bond motifs is 5. The van der Waals surface area contributed by atoms with Crippen molar-refractivity contribution < 1.29 is 0 Å². The molecule has 0 fully saturated rings. The number of benzene rings is 12. The third kappa shape index (κ3) is 6.92. The van der Waals surface area contributed by atoms with Gasteiger partial charge in [0, 0.05) is 0 Å². The van der Waals surface area contributed by atoms with Crippen LogP contribution in [-0.2, 0) is 0 Å². The van der Waals surface area contributed by atoms with Crippen molar-refractivity contribution in [3.8, 4) is 77.9 Å². The smallest absolute Gasteiger partial charge is 0.00141 e. The minimum atomic E-state index is 0.854. The Labute approximate surface area is 402 Å². The zero-order valence-electron chi connectivity index (χ0n) is 38.1. The largest absolute Gasteiger partial charge is 0.0807 e. The van der Waals surface area contributed by atoms with Gasteiger partial charge in [-0.15, -0.1) is 0 Å². The quantitative estimate of drug-likeness (QED) is 0.150. The van der Waals surface area contributed by atoms with E-state index in [1.54, 1.807) is 0 Å². The number of hydrogen-bond acceptors (Lipinski definition) is 0. The fourth-order valence-corrected chi connectivity index (χ4v) is 11.3. The van der Waals surface area contributed by atoms with Crippen LogP contribution in [0.1, 0.15) is 6.42 Å². The van der Waals surface area contributed by atoms with Gasteiger partial charge in [-0.2, -0.15) is 0 Å². The molecule has 12 aromatic rings. The highest BCUT2D eigenvalue weighted by Gasteiger charge is 2.25. The molecule has 0 radical (unpaired) electrons. The average molecular weight is 875 g/mol. The van der Waals surface area contributed by atoms with Crippen LogP contribution in [0, 0.1) is 0 Å². The first kappa shape index (κ1) is 40.4. The Morgan fingerprint density at radius 1 is 0.246 bits per heavy atom. The van der Waals surface area contributed by atoms with Gasteiger partial charge < -0.3 is 0 Å². The van der Waals surface area contributed by atoms with E-state index in [1.807, 2.05) is 0 Å². The van der Waals surface area contributed by atoms with Gasteiger partial charge in [0.15, 0.2) is 0 Å². The van der Waals surface area contributed by atoms with Crippen LogP contribution < -0.4 is 10.4 Å². The van der Waals surface area contributed by atoms with E-state index in [0.29, 0.717) is 0 Å². The van der Waals surface area contributed by atoms with Crippen LogP contribution in [0.2, 0.25) is 0 Å². The van der Waals surface area contributed by atoms with E-state index in [4.69, 9.17) is 0 Å². The van der Waals surface area contributed by atoms with Crippen molar-refractivity contribution >= 4 is 55.2 Å². The summed E-state index contributed by atoms with van der Waals surface area (Å²) in [5.41, 5.74) is 17.1. The highest BCUT2D eigenvalue weighted by molar-refractivity contribution is 6.19. The summed E-state index contributed by atoms with van der Waals surface area (Å²) in [7, 11) is 0. The van der Waals surface area contributed by atoms with Crippen LogP contribution in [0.5, 0.6) is 0 Å². The van der Waals surface area contributed by atoms with Crippen molar-refractivity contribution in [1.29, 1.82) is 0 Å². The molecule has 0 saturated carbocycles. The number of allylic oxidation sites excluding steroid dienone is 2. The Morgan fingerprint density at radius 2 is 0.638 bits per heavy atom. The van der Waals surface area contributed by atoms with Crippen LogP contribution in [0.4, 0.5) is 0 Å². The van der Waals surface area contributed by atoms with Gasteiger partial charge in [-0.1, -0.05) is 255 Å². The molecule has 1 aliphatic carbocycles. The summed E-state index contributed by atoms with van der Waals surface area (Å²) in [4.78, 5) is 0. The second kappa shape index (κ2) is 17.1. The summed E-state index contributed by atoms with van der Waals surface area (Å²) < 4.78 is 0. The molecular formula is C69H46. The third-order valence-corrected chi connectivity index (χ3v) is 14.3. The van der Waals surface area contributed by atoms with Gasteiger partial charge in [0.2, 0.25) is 0 Å². The first-order valence-electron chi connectivity index (χ1n) is 24.1. The number of hydrogen-bond donors (Lipinski definition) is 0. The van der Waals surface area contributed by atoms with Crippen LogP contribution in [0.3, 0.4) is 0 Å². The van der Waals surface area contributed by atoms with E-state index in [-0.39, 0.29) is 0 Å². The minimum Gasteiger partial charge on any atom is -0.0807 e. The maximum absolute atomic E-state index is 2.49. The summed E-state index contributed by atoms with van der Waals surface area (Å²) in [5, 5.41) is 12.5. The molecule has 0 aliphatic heterocycles. The van der Waals surface area contributed by atoms with Gasteiger partial charge in [-0.05, 0) is 150 Å². The standard InChI is InChI=1S/C69H46/c1-6-24-48(25-7-1)64-60-42-40-52(44-62(60)65(49-26-8-2-9-27-49)67(51-30-12-4-13-31-51)66(64)50-28-10-3-11-29-50)53-41-43-61-63(45-53)69(57-39-21-33-47-23-17-19-35-55(47)57)59-37-15-5-14-36-58(59)68(61)56-38-20-32-46-22-16-18-34-54(46)56/h1-14,16-45H,15H2.